The summed E-state index contributed by atoms with van der Waals surface area (Å²) in [6, 6.07) is 34.8. The van der Waals surface area contributed by atoms with Crippen molar-refractivity contribution in [3.8, 4) is 22.3 Å². The normalized spacial score (nSPS) is 8.58. The number of rotatable bonds is 0. The maximum absolute atomic E-state index is 3.39. The molecule has 0 aromatic rings. The van der Waals surface area contributed by atoms with Crippen LogP contribution in [0, 0.1) is 12.1 Å². The molecule has 0 aliphatic heterocycles. The quantitative estimate of drug-likeness (QED) is 0.198. The van der Waals surface area contributed by atoms with E-state index in [0.717, 1.165) is 23.9 Å². The molecule has 0 N–H and O–H groups in total. The molecule has 0 aromatic heterocycles. The van der Waals surface area contributed by atoms with Gasteiger partial charge in [0.05, 0.1) is 0 Å². The van der Waals surface area contributed by atoms with Crippen molar-refractivity contribution in [1.82, 2.24) is 0 Å². The average Bonchev–Trinajstić information content (AvgIpc) is 3.07. The van der Waals surface area contributed by atoms with Crippen LogP contribution >= 0.6 is 24.8 Å². The van der Waals surface area contributed by atoms with Crippen molar-refractivity contribution in [2.45, 2.75) is 0 Å². The Labute approximate surface area is 171 Å². The standard InChI is InChI=1S/2C10H7.CH2.2ClH.Hf/c2*1-2-5-9-7-4-8-10(9)6-3-1;;;;/h2*1-7H;1H2;2*1H;/q2*-1;;;;+2. The van der Waals surface area contributed by atoms with Gasteiger partial charge in [0.1, 0.15) is 0 Å². The van der Waals surface area contributed by atoms with Crippen molar-refractivity contribution >= 4 is 29.1 Å². The molecule has 4 rings (SSSR count). The zero-order chi connectivity index (χ0) is 15.6. The summed E-state index contributed by atoms with van der Waals surface area (Å²) in [6.07, 6.45) is 0. The molecule has 4 aliphatic rings. The second-order valence-corrected chi connectivity index (χ2v) is 4.51. The summed E-state index contributed by atoms with van der Waals surface area (Å²) in [5, 5.41) is 0. The maximum atomic E-state index is 3.39. The number of hydrogen-bond donors (Lipinski definition) is 0. The van der Waals surface area contributed by atoms with Gasteiger partial charge in [0.2, 0.25) is 0 Å². The Morgan fingerprint density at radius 2 is 0.917 bits per heavy atom. The van der Waals surface area contributed by atoms with E-state index in [1.165, 1.54) is 22.3 Å². The Balaban J connectivity index is 0.000000372. The first-order chi connectivity index (χ1) is 10.9. The zero-order valence-corrected chi connectivity index (χ0v) is 18.3. The van der Waals surface area contributed by atoms with Gasteiger partial charge in [0.15, 0.2) is 0 Å². The van der Waals surface area contributed by atoms with Crippen LogP contribution in [-0.4, -0.2) is 4.26 Å². The molecule has 0 spiro atoms. The van der Waals surface area contributed by atoms with Crippen molar-refractivity contribution in [2.75, 3.05) is 0 Å². The number of fused-ring (bicyclic) bond motifs is 2. The Morgan fingerprint density at radius 3 is 1.33 bits per heavy atom. The minimum absolute atomic E-state index is 0. The summed E-state index contributed by atoms with van der Waals surface area (Å²) < 4.78 is 3.39. The minimum atomic E-state index is 0. The summed E-state index contributed by atoms with van der Waals surface area (Å²) >= 11 is 1.06. The molecule has 24 heavy (non-hydrogen) atoms. The summed E-state index contributed by atoms with van der Waals surface area (Å²) in [5.41, 5.74) is 4.88. The molecule has 0 bridgehead atoms. The van der Waals surface area contributed by atoms with Gasteiger partial charge in [-0.2, -0.15) is 35.4 Å². The molecule has 0 saturated heterocycles. The first kappa shape index (κ1) is 22.7. The van der Waals surface area contributed by atoms with Crippen LogP contribution in [-0.2, 0) is 23.9 Å². The van der Waals surface area contributed by atoms with Crippen LogP contribution in [0.4, 0.5) is 0 Å². The molecule has 0 fully saturated rings. The molecule has 0 unspecified atom stereocenters. The third-order valence-corrected chi connectivity index (χ3v) is 3.15. The molecule has 0 amide bonds. The van der Waals surface area contributed by atoms with E-state index in [1.807, 2.05) is 48.5 Å². The molecule has 0 nitrogen and oxygen atoms in total. The van der Waals surface area contributed by atoms with E-state index in [2.05, 4.69) is 52.8 Å². The molecule has 0 aromatic carbocycles. The zero-order valence-electron chi connectivity index (χ0n) is 13.1. The van der Waals surface area contributed by atoms with E-state index < -0.39 is 0 Å². The molecule has 3 heteroatoms. The Kier molecular flexibility index (Phi) is 12.4. The molecule has 0 atom stereocenters. The predicted octanol–water partition coefficient (Wildman–Crippen LogP) is 5.99. The SMILES string of the molecule is Cl.Cl.[CH2]=[Hf+2].[c-]1ccc2cccccc1-2.[c-]1ccc2cccccc1-2. The summed E-state index contributed by atoms with van der Waals surface area (Å²) in [6.45, 7) is 0. The first-order valence-corrected chi connectivity index (χ1v) is 9.54. The second-order valence-electron chi connectivity index (χ2n) is 4.51. The second kappa shape index (κ2) is 13.1. The van der Waals surface area contributed by atoms with Gasteiger partial charge in [-0.25, -0.2) is 0 Å². The number of halogens is 2. The van der Waals surface area contributed by atoms with Gasteiger partial charge in [-0.15, -0.1) is 84.5 Å². The molecular weight excluding hydrogens is 502 g/mol. The Morgan fingerprint density at radius 1 is 0.542 bits per heavy atom. The van der Waals surface area contributed by atoms with E-state index >= 15 is 0 Å². The van der Waals surface area contributed by atoms with Gasteiger partial charge < -0.3 is 0 Å². The number of hydrogen-bond acceptors (Lipinski definition) is 0. The monoisotopic (exact) mass is 520 g/mol. The van der Waals surface area contributed by atoms with Crippen LogP contribution in [0.2, 0.25) is 0 Å². The fourth-order valence-electron chi connectivity index (χ4n) is 2.12. The van der Waals surface area contributed by atoms with Crippen molar-refractivity contribution in [1.29, 1.82) is 0 Å². The van der Waals surface area contributed by atoms with Gasteiger partial charge >= 0.3 is 28.2 Å². The van der Waals surface area contributed by atoms with Crippen LogP contribution in [0.3, 0.4) is 0 Å². The third kappa shape index (κ3) is 6.68. The van der Waals surface area contributed by atoms with E-state index in [4.69, 9.17) is 0 Å². The van der Waals surface area contributed by atoms with Crippen molar-refractivity contribution in [2.24, 2.45) is 0 Å². The summed E-state index contributed by atoms with van der Waals surface area (Å²) in [4.78, 5) is 0. The van der Waals surface area contributed by atoms with E-state index in [1.54, 1.807) is 0 Å². The molecule has 0 saturated carbocycles. The van der Waals surface area contributed by atoms with Crippen LogP contribution < -0.4 is 0 Å². The predicted molar refractivity (Wildman–Crippen MR) is 105 cm³/mol. The molecule has 0 heterocycles. The van der Waals surface area contributed by atoms with Crippen LogP contribution in [0.1, 0.15) is 0 Å². The molecule has 120 valence electrons. The van der Waals surface area contributed by atoms with Gasteiger partial charge in [-0.05, 0) is 0 Å². The Bertz CT molecular complexity index is 637. The van der Waals surface area contributed by atoms with Crippen LogP contribution in [0.5, 0.6) is 0 Å². The average molecular weight is 520 g/mol. The van der Waals surface area contributed by atoms with Gasteiger partial charge in [0, 0.05) is 0 Å². The van der Waals surface area contributed by atoms with Gasteiger partial charge in [-0.3, -0.25) is 0 Å². The Hall–Kier alpha value is -1.28. The van der Waals surface area contributed by atoms with E-state index in [9.17, 15) is 0 Å². The van der Waals surface area contributed by atoms with Crippen molar-refractivity contribution < 1.29 is 23.9 Å². The van der Waals surface area contributed by atoms with Crippen LogP contribution in [0.15, 0.2) is 84.9 Å². The fraction of sp³-hybridized carbons (Fsp3) is 0. The topological polar surface area (TPSA) is 0 Å². The van der Waals surface area contributed by atoms with Gasteiger partial charge in [-0.1, -0.05) is 24.3 Å². The first-order valence-electron chi connectivity index (χ1n) is 7.00. The van der Waals surface area contributed by atoms with E-state index in [-0.39, 0.29) is 24.8 Å². The molecule has 4 aliphatic carbocycles. The van der Waals surface area contributed by atoms with E-state index in [0.29, 0.717) is 0 Å². The minimum Gasteiger partial charge on any atom is -0.168 e. The molecule has 0 radical (unpaired) electrons. The maximum Gasteiger partial charge on any atom is -0.0723 e. The van der Waals surface area contributed by atoms with Crippen LogP contribution in [0.25, 0.3) is 22.3 Å². The summed E-state index contributed by atoms with van der Waals surface area (Å²) in [5.74, 6) is 0. The smallest absolute Gasteiger partial charge is 0.0723 e. The molecular formula is C21H18Cl2Hf. The summed E-state index contributed by atoms with van der Waals surface area (Å²) in [7, 11) is 0. The third-order valence-electron chi connectivity index (χ3n) is 3.15. The van der Waals surface area contributed by atoms with Gasteiger partial charge in [0.25, 0.3) is 0 Å². The largest absolute Gasteiger partial charge is 0.168 e. The fourth-order valence-corrected chi connectivity index (χ4v) is 2.12. The van der Waals surface area contributed by atoms with Crippen molar-refractivity contribution in [3.63, 3.8) is 0 Å². The van der Waals surface area contributed by atoms with Crippen molar-refractivity contribution in [3.05, 3.63) is 97.1 Å².